The predicted molar refractivity (Wildman–Crippen MR) is 204 cm³/mol. The van der Waals surface area contributed by atoms with E-state index in [1.807, 2.05) is 0 Å². The molecule has 1 heteroatoms. The third-order valence-electron chi connectivity index (χ3n) is 10.8. The Morgan fingerprint density at radius 3 is 1.69 bits per heavy atom. The number of fused-ring (bicyclic) bond motifs is 14. The third kappa shape index (κ3) is 3.45. The zero-order chi connectivity index (χ0) is 31.3. The minimum atomic E-state index is 0.895. The molecule has 0 spiro atoms. The number of aromatic nitrogens is 1. The van der Waals surface area contributed by atoms with E-state index in [0.717, 1.165) is 6.42 Å². The molecule has 10 aromatic rings. The van der Waals surface area contributed by atoms with Crippen LogP contribution in [0.15, 0.2) is 164 Å². The monoisotopic (exact) mass is 607 g/mol. The molecule has 1 aromatic heterocycles. The minimum absolute atomic E-state index is 0.895. The Hall–Kier alpha value is -6.18. The van der Waals surface area contributed by atoms with Gasteiger partial charge in [0.1, 0.15) is 0 Å². The molecule has 0 unspecified atom stereocenters. The van der Waals surface area contributed by atoms with Crippen LogP contribution in [0, 0.1) is 0 Å². The van der Waals surface area contributed by atoms with Crippen LogP contribution in [0.1, 0.15) is 11.1 Å². The first-order valence-corrected chi connectivity index (χ1v) is 16.8. The van der Waals surface area contributed by atoms with E-state index in [1.54, 1.807) is 0 Å². The fraction of sp³-hybridized carbons (Fsp3) is 0.0213. The van der Waals surface area contributed by atoms with Gasteiger partial charge in [0.25, 0.3) is 0 Å². The summed E-state index contributed by atoms with van der Waals surface area (Å²) in [6, 6.07) is 60.8. The molecule has 0 amide bonds. The van der Waals surface area contributed by atoms with E-state index < -0.39 is 0 Å². The molecule has 11 rings (SSSR count). The summed E-state index contributed by atoms with van der Waals surface area (Å²) in [7, 11) is 0. The second-order valence-corrected chi connectivity index (χ2v) is 13.2. The molecule has 0 saturated carbocycles. The summed E-state index contributed by atoms with van der Waals surface area (Å²) in [6.45, 7) is 0. The molecule has 48 heavy (non-hydrogen) atoms. The highest BCUT2D eigenvalue weighted by molar-refractivity contribution is 6.26. The van der Waals surface area contributed by atoms with Crippen LogP contribution in [0.3, 0.4) is 0 Å². The molecule has 9 aromatic carbocycles. The topological polar surface area (TPSA) is 4.93 Å². The van der Waals surface area contributed by atoms with Crippen LogP contribution in [0.4, 0.5) is 0 Å². The smallest absolute Gasteiger partial charge is 0.0619 e. The van der Waals surface area contributed by atoms with Crippen molar-refractivity contribution in [2.75, 3.05) is 0 Å². The van der Waals surface area contributed by atoms with Crippen molar-refractivity contribution in [3.63, 3.8) is 0 Å². The zero-order valence-corrected chi connectivity index (χ0v) is 26.2. The van der Waals surface area contributed by atoms with Gasteiger partial charge in [-0.2, -0.15) is 0 Å². The van der Waals surface area contributed by atoms with Crippen LogP contribution in [0.25, 0.3) is 92.8 Å². The first kappa shape index (κ1) is 25.9. The van der Waals surface area contributed by atoms with Gasteiger partial charge < -0.3 is 4.57 Å². The summed E-state index contributed by atoms with van der Waals surface area (Å²) in [6.07, 6.45) is 0.895. The van der Waals surface area contributed by atoms with E-state index in [2.05, 4.69) is 168 Å². The van der Waals surface area contributed by atoms with Gasteiger partial charge in [-0.3, -0.25) is 0 Å². The summed E-state index contributed by atoms with van der Waals surface area (Å²) in [5, 5.41) is 13.0. The summed E-state index contributed by atoms with van der Waals surface area (Å²) >= 11 is 0. The van der Waals surface area contributed by atoms with Gasteiger partial charge in [-0.25, -0.2) is 0 Å². The molecule has 0 fully saturated rings. The Labute approximate surface area is 277 Å². The summed E-state index contributed by atoms with van der Waals surface area (Å²) in [5.41, 5.74) is 11.9. The van der Waals surface area contributed by atoms with Gasteiger partial charge in [-0.05, 0) is 89.3 Å². The van der Waals surface area contributed by atoms with Gasteiger partial charge in [0, 0.05) is 22.6 Å². The highest BCUT2D eigenvalue weighted by Gasteiger charge is 2.26. The summed E-state index contributed by atoms with van der Waals surface area (Å²) in [5.74, 6) is 0. The highest BCUT2D eigenvalue weighted by Crippen LogP contribution is 2.47. The van der Waals surface area contributed by atoms with Gasteiger partial charge in [-0.1, -0.05) is 146 Å². The molecule has 0 atom stereocenters. The lowest BCUT2D eigenvalue weighted by molar-refractivity contribution is 1.12. The lowest BCUT2D eigenvalue weighted by atomic mass is 9.90. The van der Waals surface area contributed by atoms with E-state index in [9.17, 15) is 0 Å². The van der Waals surface area contributed by atoms with Crippen molar-refractivity contribution in [3.05, 3.63) is 175 Å². The molecule has 0 aliphatic heterocycles. The number of rotatable bonds is 2. The standard InChI is InChI=1S/C47H29N/c1-2-12-32-29(11-1)23-26-41-40-17-7-8-21-45(40)48(47(32)41)46-22-10-20-38-37-19-9-18-31(43(37)28-44(38)46)30-24-25-39-35-15-4-3-13-33(35)34-14-5-6-16-36(34)42(39)27-30/h1-27H,28H2. The van der Waals surface area contributed by atoms with Crippen molar-refractivity contribution in [3.8, 4) is 27.9 Å². The molecule has 0 radical (unpaired) electrons. The lowest BCUT2D eigenvalue weighted by Crippen LogP contribution is -1.99. The van der Waals surface area contributed by atoms with Gasteiger partial charge >= 0.3 is 0 Å². The van der Waals surface area contributed by atoms with Crippen LogP contribution in [0.5, 0.6) is 0 Å². The molecule has 1 heterocycles. The van der Waals surface area contributed by atoms with Crippen LogP contribution >= 0.6 is 0 Å². The molecule has 0 bridgehead atoms. The molecule has 0 saturated heterocycles. The zero-order valence-electron chi connectivity index (χ0n) is 26.2. The molecule has 222 valence electrons. The van der Waals surface area contributed by atoms with E-state index >= 15 is 0 Å². The normalized spacial score (nSPS) is 12.5. The maximum atomic E-state index is 2.53. The van der Waals surface area contributed by atoms with Crippen molar-refractivity contribution >= 4 is 64.9 Å². The average molecular weight is 608 g/mol. The van der Waals surface area contributed by atoms with Crippen molar-refractivity contribution in [2.24, 2.45) is 0 Å². The average Bonchev–Trinajstić information content (AvgIpc) is 3.71. The second-order valence-electron chi connectivity index (χ2n) is 13.2. The van der Waals surface area contributed by atoms with E-state index in [4.69, 9.17) is 0 Å². The first-order chi connectivity index (χ1) is 23.8. The fourth-order valence-electron chi connectivity index (χ4n) is 8.75. The number of hydrogen-bond donors (Lipinski definition) is 0. The second kappa shape index (κ2) is 9.67. The number of benzene rings is 9. The minimum Gasteiger partial charge on any atom is -0.308 e. The van der Waals surface area contributed by atoms with Crippen LogP contribution in [-0.2, 0) is 6.42 Å². The van der Waals surface area contributed by atoms with E-state index in [0.29, 0.717) is 0 Å². The maximum absolute atomic E-state index is 2.53. The van der Waals surface area contributed by atoms with E-state index in [1.165, 1.54) is 104 Å². The van der Waals surface area contributed by atoms with Crippen LogP contribution in [-0.4, -0.2) is 4.57 Å². The van der Waals surface area contributed by atoms with Gasteiger partial charge in [0.15, 0.2) is 0 Å². The Morgan fingerprint density at radius 1 is 0.354 bits per heavy atom. The Bertz CT molecular complexity index is 2940. The summed E-state index contributed by atoms with van der Waals surface area (Å²) in [4.78, 5) is 0. The number of para-hydroxylation sites is 1. The summed E-state index contributed by atoms with van der Waals surface area (Å²) < 4.78 is 2.53. The predicted octanol–water partition coefficient (Wildman–Crippen LogP) is 12.6. The van der Waals surface area contributed by atoms with Gasteiger partial charge in [0.2, 0.25) is 0 Å². The van der Waals surface area contributed by atoms with Gasteiger partial charge in [0.05, 0.1) is 16.7 Å². The highest BCUT2D eigenvalue weighted by atomic mass is 15.0. The van der Waals surface area contributed by atoms with Crippen molar-refractivity contribution in [1.29, 1.82) is 0 Å². The molecular weight excluding hydrogens is 579 g/mol. The molecule has 0 N–H and O–H groups in total. The first-order valence-electron chi connectivity index (χ1n) is 16.8. The maximum Gasteiger partial charge on any atom is 0.0619 e. The SMILES string of the molecule is c1cc(-c2ccc3c4ccccc4c4ccccc4c3c2)c2c(c1)-c1cccc(-n3c4ccccc4c4ccc5ccccc5c43)c1C2. The lowest BCUT2D eigenvalue weighted by Gasteiger charge is -2.14. The Balaban J connectivity index is 1.14. The number of nitrogens with zero attached hydrogens (tertiary/aromatic N) is 1. The third-order valence-corrected chi connectivity index (χ3v) is 10.8. The molecule has 1 aliphatic rings. The van der Waals surface area contributed by atoms with Crippen molar-refractivity contribution in [1.82, 2.24) is 4.57 Å². The van der Waals surface area contributed by atoms with Crippen LogP contribution in [0.2, 0.25) is 0 Å². The molecule has 1 aliphatic carbocycles. The number of hydrogen-bond acceptors (Lipinski definition) is 0. The largest absolute Gasteiger partial charge is 0.308 e. The Kier molecular flexibility index (Phi) is 5.23. The van der Waals surface area contributed by atoms with Crippen molar-refractivity contribution < 1.29 is 0 Å². The van der Waals surface area contributed by atoms with Crippen molar-refractivity contribution in [2.45, 2.75) is 6.42 Å². The van der Waals surface area contributed by atoms with E-state index in [-0.39, 0.29) is 0 Å². The van der Waals surface area contributed by atoms with Crippen LogP contribution < -0.4 is 0 Å². The Morgan fingerprint density at radius 2 is 0.917 bits per heavy atom. The fourth-order valence-corrected chi connectivity index (χ4v) is 8.75. The molecular formula is C47H29N. The van der Waals surface area contributed by atoms with Gasteiger partial charge in [-0.15, -0.1) is 0 Å². The molecule has 1 nitrogen and oxygen atoms in total. The quantitative estimate of drug-likeness (QED) is 0.172.